The van der Waals surface area contributed by atoms with Gasteiger partial charge in [-0.05, 0) is 41.1 Å². The van der Waals surface area contributed by atoms with Gasteiger partial charge in [-0.25, -0.2) is 4.98 Å². The van der Waals surface area contributed by atoms with E-state index in [0.29, 0.717) is 18.8 Å². The summed E-state index contributed by atoms with van der Waals surface area (Å²) < 4.78 is 5.36. The Morgan fingerprint density at radius 3 is 2.89 bits per heavy atom. The topological polar surface area (TPSA) is 80.2 Å². The van der Waals surface area contributed by atoms with Crippen LogP contribution in [0.5, 0.6) is 0 Å². The quantitative estimate of drug-likeness (QED) is 0.638. The summed E-state index contributed by atoms with van der Waals surface area (Å²) in [5.41, 5.74) is 4.21. The zero-order valence-corrected chi connectivity index (χ0v) is 15.5. The number of nitrogens with one attached hydrogen (secondary N) is 1. The summed E-state index contributed by atoms with van der Waals surface area (Å²) >= 11 is 1.66. The molecule has 1 aliphatic rings. The summed E-state index contributed by atoms with van der Waals surface area (Å²) in [6.45, 7) is 1.46. The number of aliphatic hydroxyl groups excluding tert-OH is 1. The van der Waals surface area contributed by atoms with Crippen LogP contribution in [0.1, 0.15) is 16.9 Å². The van der Waals surface area contributed by atoms with Crippen molar-refractivity contribution in [2.75, 3.05) is 18.5 Å². The Bertz CT molecular complexity index is 909. The first-order chi connectivity index (χ1) is 13.3. The molecule has 0 saturated carbocycles. The molecule has 1 atom stereocenters. The van der Waals surface area contributed by atoms with Gasteiger partial charge in [-0.2, -0.15) is 0 Å². The van der Waals surface area contributed by atoms with Gasteiger partial charge in [0.05, 0.1) is 25.1 Å². The molecule has 0 bridgehead atoms. The second-order valence-corrected chi connectivity index (χ2v) is 7.24. The van der Waals surface area contributed by atoms with Gasteiger partial charge >= 0.3 is 0 Å². The molecular formula is C20H20N4O2S. The summed E-state index contributed by atoms with van der Waals surface area (Å²) in [7, 11) is 0. The molecule has 0 spiro atoms. The first kappa shape index (κ1) is 17.8. The number of rotatable bonds is 6. The van der Waals surface area contributed by atoms with Crippen molar-refractivity contribution in [2.45, 2.75) is 19.1 Å². The van der Waals surface area contributed by atoms with Crippen LogP contribution in [-0.4, -0.2) is 39.5 Å². The first-order valence-electron chi connectivity index (χ1n) is 8.79. The highest BCUT2D eigenvalue weighted by Gasteiger charge is 2.12. The summed E-state index contributed by atoms with van der Waals surface area (Å²) in [5, 5.41) is 15.5. The third kappa shape index (κ3) is 4.57. The molecule has 138 valence electrons. The lowest BCUT2D eigenvalue weighted by Crippen LogP contribution is -2.21. The maximum absolute atomic E-state index is 10.4. The Morgan fingerprint density at radius 2 is 2.15 bits per heavy atom. The molecule has 6 nitrogen and oxygen atoms in total. The number of pyridine rings is 1. The number of ether oxygens (including phenoxy) is 1. The molecule has 0 aliphatic carbocycles. The fourth-order valence-electron chi connectivity index (χ4n) is 2.94. The molecule has 0 fully saturated rings. The van der Waals surface area contributed by atoms with Crippen molar-refractivity contribution in [3.63, 3.8) is 0 Å². The normalized spacial score (nSPS) is 15.2. The second-order valence-electron chi connectivity index (χ2n) is 6.24. The molecule has 3 aromatic heterocycles. The number of aromatic nitrogens is 3. The summed E-state index contributed by atoms with van der Waals surface area (Å²) in [6.07, 6.45) is 9.61. The van der Waals surface area contributed by atoms with Gasteiger partial charge in [0.25, 0.3) is 0 Å². The van der Waals surface area contributed by atoms with E-state index in [-0.39, 0.29) is 0 Å². The number of anilines is 1. The molecular weight excluding hydrogens is 360 g/mol. The molecule has 0 amide bonds. The van der Waals surface area contributed by atoms with Crippen LogP contribution in [0.4, 0.5) is 5.82 Å². The SMILES string of the molecule is OC(Cc1cc(C2=CCOCC2)cs1)Nc1ccc(-c2cnccn2)cn1. The average Bonchev–Trinajstić information content (AvgIpc) is 3.18. The standard InChI is InChI=1S/C20H20N4O2S/c25-20(10-17-9-16(13-27-17)14-3-7-26-8-4-14)24-19-2-1-15(11-23-19)18-12-21-5-6-22-18/h1-3,5-6,9,11-13,20,25H,4,7-8,10H2,(H,23,24). The lowest BCUT2D eigenvalue weighted by molar-refractivity contribution is 0.161. The molecule has 2 N–H and O–H groups in total. The van der Waals surface area contributed by atoms with Gasteiger partial charge in [-0.1, -0.05) is 6.08 Å². The minimum Gasteiger partial charge on any atom is -0.377 e. The molecule has 1 aliphatic heterocycles. The van der Waals surface area contributed by atoms with Gasteiger partial charge < -0.3 is 15.2 Å². The van der Waals surface area contributed by atoms with E-state index in [2.05, 4.69) is 37.8 Å². The summed E-state index contributed by atoms with van der Waals surface area (Å²) in [4.78, 5) is 13.8. The highest BCUT2D eigenvalue weighted by molar-refractivity contribution is 7.10. The van der Waals surface area contributed by atoms with Crippen LogP contribution in [0, 0.1) is 0 Å². The summed E-state index contributed by atoms with van der Waals surface area (Å²) in [5.74, 6) is 0.624. The van der Waals surface area contributed by atoms with E-state index in [4.69, 9.17) is 4.74 Å². The molecule has 27 heavy (non-hydrogen) atoms. The number of nitrogens with zero attached hydrogens (tertiary/aromatic N) is 3. The lowest BCUT2D eigenvalue weighted by atomic mass is 10.0. The monoisotopic (exact) mass is 380 g/mol. The molecule has 0 radical (unpaired) electrons. The van der Waals surface area contributed by atoms with Gasteiger partial charge in [0.15, 0.2) is 0 Å². The van der Waals surface area contributed by atoms with Crippen LogP contribution in [0.15, 0.2) is 54.4 Å². The van der Waals surface area contributed by atoms with Crippen LogP contribution in [0.2, 0.25) is 0 Å². The maximum atomic E-state index is 10.4. The van der Waals surface area contributed by atoms with Crippen molar-refractivity contribution >= 4 is 22.7 Å². The van der Waals surface area contributed by atoms with Gasteiger partial charge in [0.1, 0.15) is 12.0 Å². The van der Waals surface area contributed by atoms with Crippen molar-refractivity contribution in [3.05, 3.63) is 64.9 Å². The van der Waals surface area contributed by atoms with Gasteiger partial charge in [0.2, 0.25) is 0 Å². The van der Waals surface area contributed by atoms with E-state index in [9.17, 15) is 5.11 Å². The van der Waals surface area contributed by atoms with Gasteiger partial charge in [0, 0.05) is 35.5 Å². The Balaban J connectivity index is 1.36. The first-order valence-corrected chi connectivity index (χ1v) is 9.67. The zero-order valence-electron chi connectivity index (χ0n) is 14.7. The molecule has 1 unspecified atom stereocenters. The van der Waals surface area contributed by atoms with Crippen LogP contribution < -0.4 is 5.32 Å². The number of thiophene rings is 1. The molecule has 7 heteroatoms. The molecule has 0 saturated heterocycles. The van der Waals surface area contributed by atoms with Crippen LogP contribution in [-0.2, 0) is 11.2 Å². The summed E-state index contributed by atoms with van der Waals surface area (Å²) in [6, 6.07) is 5.89. The lowest BCUT2D eigenvalue weighted by Gasteiger charge is -2.13. The number of aliphatic hydroxyl groups is 1. The highest BCUT2D eigenvalue weighted by Crippen LogP contribution is 2.27. The predicted molar refractivity (Wildman–Crippen MR) is 106 cm³/mol. The molecule has 3 aromatic rings. The fraction of sp³-hybridized carbons (Fsp3) is 0.250. The molecule has 0 aromatic carbocycles. The van der Waals surface area contributed by atoms with E-state index >= 15 is 0 Å². The van der Waals surface area contributed by atoms with E-state index in [0.717, 1.165) is 29.2 Å². The Morgan fingerprint density at radius 1 is 1.19 bits per heavy atom. The predicted octanol–water partition coefficient (Wildman–Crippen LogP) is 3.38. The Hall–Kier alpha value is -2.61. The maximum Gasteiger partial charge on any atom is 0.130 e. The smallest absolute Gasteiger partial charge is 0.130 e. The van der Waals surface area contributed by atoms with Crippen LogP contribution in [0.25, 0.3) is 16.8 Å². The molecule has 4 rings (SSSR count). The third-order valence-electron chi connectivity index (χ3n) is 4.32. The third-order valence-corrected chi connectivity index (χ3v) is 5.28. The number of hydrogen-bond donors (Lipinski definition) is 2. The van der Waals surface area contributed by atoms with Crippen molar-refractivity contribution in [1.82, 2.24) is 15.0 Å². The Kier molecular flexibility index (Phi) is 5.53. The fourth-order valence-corrected chi connectivity index (χ4v) is 3.88. The van der Waals surface area contributed by atoms with E-state index in [1.54, 1.807) is 36.1 Å². The minimum atomic E-state index is -0.699. The van der Waals surface area contributed by atoms with E-state index < -0.39 is 6.23 Å². The van der Waals surface area contributed by atoms with Crippen LogP contribution >= 0.6 is 11.3 Å². The van der Waals surface area contributed by atoms with E-state index in [1.165, 1.54) is 11.1 Å². The van der Waals surface area contributed by atoms with Gasteiger partial charge in [-0.3, -0.25) is 9.97 Å². The van der Waals surface area contributed by atoms with Crippen molar-refractivity contribution in [3.8, 4) is 11.3 Å². The minimum absolute atomic E-state index is 0.530. The highest BCUT2D eigenvalue weighted by atomic mass is 32.1. The zero-order chi connectivity index (χ0) is 18.5. The van der Waals surface area contributed by atoms with Crippen molar-refractivity contribution < 1.29 is 9.84 Å². The molecule has 4 heterocycles. The van der Waals surface area contributed by atoms with E-state index in [1.807, 2.05) is 12.1 Å². The Labute approximate surface area is 161 Å². The number of hydrogen-bond acceptors (Lipinski definition) is 7. The van der Waals surface area contributed by atoms with Crippen LogP contribution in [0.3, 0.4) is 0 Å². The van der Waals surface area contributed by atoms with Crippen molar-refractivity contribution in [2.24, 2.45) is 0 Å². The second kappa shape index (κ2) is 8.39. The largest absolute Gasteiger partial charge is 0.377 e. The average molecular weight is 380 g/mol. The van der Waals surface area contributed by atoms with Crippen molar-refractivity contribution in [1.29, 1.82) is 0 Å². The van der Waals surface area contributed by atoms with Gasteiger partial charge in [-0.15, -0.1) is 11.3 Å².